The van der Waals surface area contributed by atoms with E-state index in [1.807, 2.05) is 38.1 Å². The number of thioether (sulfide) groups is 1. The minimum atomic E-state index is -0.243. The van der Waals surface area contributed by atoms with Gasteiger partial charge >= 0.3 is 0 Å². The van der Waals surface area contributed by atoms with Crippen LogP contribution >= 0.6 is 23.1 Å². The molecule has 26 heavy (non-hydrogen) atoms. The molecule has 0 fully saturated rings. The molecule has 0 aliphatic carbocycles. The van der Waals surface area contributed by atoms with Crippen LogP contribution in [0.5, 0.6) is 0 Å². The van der Waals surface area contributed by atoms with E-state index in [0.29, 0.717) is 11.3 Å². The normalized spacial score (nSPS) is 11.4. The van der Waals surface area contributed by atoms with E-state index in [9.17, 15) is 4.79 Å². The highest BCUT2D eigenvalue weighted by Crippen LogP contribution is 2.25. The molecule has 2 heterocycles. The number of aryl methyl sites for hydroxylation is 1. The fourth-order valence-corrected chi connectivity index (χ4v) is 3.85. The van der Waals surface area contributed by atoms with Crippen molar-refractivity contribution in [1.29, 1.82) is 0 Å². The molecule has 1 amide bonds. The Hall–Kier alpha value is -2.58. The highest BCUT2D eigenvalue weighted by atomic mass is 32.2. The van der Waals surface area contributed by atoms with Gasteiger partial charge in [0.15, 0.2) is 4.34 Å². The van der Waals surface area contributed by atoms with Gasteiger partial charge in [-0.1, -0.05) is 41.3 Å². The second kappa shape index (κ2) is 8.68. The van der Waals surface area contributed by atoms with E-state index in [1.165, 1.54) is 0 Å². The van der Waals surface area contributed by atoms with Crippen LogP contribution in [0.1, 0.15) is 33.4 Å². The third-order valence-corrected chi connectivity index (χ3v) is 5.53. The Labute approximate surface area is 159 Å². The number of rotatable bonds is 6. The lowest BCUT2D eigenvalue weighted by atomic mass is 10.1. The van der Waals surface area contributed by atoms with E-state index in [1.54, 1.807) is 47.6 Å². The first-order valence-corrected chi connectivity index (χ1v) is 9.69. The summed E-state index contributed by atoms with van der Waals surface area (Å²) in [6.45, 7) is 3.76. The topological polar surface area (TPSA) is 80.1 Å². The van der Waals surface area contributed by atoms with Crippen molar-refractivity contribution in [3.63, 3.8) is 0 Å². The zero-order valence-corrected chi connectivity index (χ0v) is 16.0. The number of carbonyl (C=O) groups is 1. The molecule has 0 atom stereocenters. The summed E-state index contributed by atoms with van der Waals surface area (Å²) in [5.41, 5.74) is 5.83. The maximum atomic E-state index is 12.2. The number of hydrogen-bond acceptors (Lipinski definition) is 7. The number of aromatic nitrogens is 3. The quantitative estimate of drug-likeness (QED) is 0.399. The van der Waals surface area contributed by atoms with Crippen LogP contribution in [-0.4, -0.2) is 26.8 Å². The van der Waals surface area contributed by atoms with Crippen molar-refractivity contribution in [2.75, 3.05) is 0 Å². The Kier molecular flexibility index (Phi) is 6.08. The lowest BCUT2D eigenvalue weighted by Crippen LogP contribution is -2.19. The molecule has 3 aromatic rings. The van der Waals surface area contributed by atoms with Gasteiger partial charge in [0, 0.05) is 29.3 Å². The smallest absolute Gasteiger partial charge is 0.267 e. The van der Waals surface area contributed by atoms with E-state index in [0.717, 1.165) is 26.2 Å². The average molecular weight is 384 g/mol. The van der Waals surface area contributed by atoms with Crippen molar-refractivity contribution in [1.82, 2.24) is 20.6 Å². The summed E-state index contributed by atoms with van der Waals surface area (Å²) >= 11 is 3.22. The summed E-state index contributed by atoms with van der Waals surface area (Å²) < 4.78 is 0.949. The molecule has 0 aliphatic rings. The highest BCUT2D eigenvalue weighted by molar-refractivity contribution is 8.00. The number of pyridine rings is 1. The molecule has 1 N–H and O–H groups in total. The minimum Gasteiger partial charge on any atom is -0.267 e. The SMILES string of the molecule is CC(=NNC(=O)c1ccc(CSc2nnc(C)s2)cc1)c1cccnc1. The van der Waals surface area contributed by atoms with Gasteiger partial charge in [-0.15, -0.1) is 10.2 Å². The van der Waals surface area contributed by atoms with Gasteiger partial charge in [0.25, 0.3) is 5.91 Å². The zero-order valence-electron chi connectivity index (χ0n) is 14.3. The molecule has 6 nitrogen and oxygen atoms in total. The van der Waals surface area contributed by atoms with Crippen LogP contribution in [0.15, 0.2) is 58.2 Å². The molecular weight excluding hydrogens is 366 g/mol. The van der Waals surface area contributed by atoms with E-state index >= 15 is 0 Å². The maximum absolute atomic E-state index is 12.2. The standard InChI is InChI=1S/C18H17N5OS2/c1-12(16-4-3-9-19-10-16)20-22-17(24)15-7-5-14(6-8-15)11-25-18-23-21-13(2)26-18/h3-10H,11H2,1-2H3,(H,22,24). The van der Waals surface area contributed by atoms with Crippen molar-refractivity contribution in [3.05, 3.63) is 70.5 Å². The Morgan fingerprint density at radius 3 is 2.65 bits per heavy atom. The molecule has 3 rings (SSSR count). The van der Waals surface area contributed by atoms with Crippen LogP contribution < -0.4 is 5.43 Å². The summed E-state index contributed by atoms with van der Waals surface area (Å²) in [5.74, 6) is 0.543. The molecule has 0 saturated carbocycles. The molecule has 0 spiro atoms. The maximum Gasteiger partial charge on any atom is 0.271 e. The van der Waals surface area contributed by atoms with Crippen molar-refractivity contribution in [2.24, 2.45) is 5.10 Å². The van der Waals surface area contributed by atoms with Crippen molar-refractivity contribution >= 4 is 34.7 Å². The molecule has 0 unspecified atom stereocenters. The van der Waals surface area contributed by atoms with E-state index in [2.05, 4.69) is 25.7 Å². The van der Waals surface area contributed by atoms with Gasteiger partial charge in [-0.25, -0.2) is 5.43 Å². The van der Waals surface area contributed by atoms with Crippen LogP contribution in [0.3, 0.4) is 0 Å². The third kappa shape index (κ3) is 4.96. The second-order valence-electron chi connectivity index (χ2n) is 5.45. The summed E-state index contributed by atoms with van der Waals surface area (Å²) in [4.78, 5) is 16.3. The second-order valence-corrected chi connectivity index (χ2v) is 7.86. The molecule has 2 aromatic heterocycles. The van der Waals surface area contributed by atoms with E-state index in [4.69, 9.17) is 0 Å². The third-order valence-electron chi connectivity index (χ3n) is 3.49. The number of carbonyl (C=O) groups excluding carboxylic acids is 1. The first-order valence-electron chi connectivity index (χ1n) is 7.88. The van der Waals surface area contributed by atoms with Gasteiger partial charge in [0.05, 0.1) is 5.71 Å². The Balaban J connectivity index is 1.56. The molecule has 8 heteroatoms. The van der Waals surface area contributed by atoms with Gasteiger partial charge < -0.3 is 0 Å². The Morgan fingerprint density at radius 1 is 1.19 bits per heavy atom. The number of amides is 1. The summed E-state index contributed by atoms with van der Waals surface area (Å²) in [7, 11) is 0. The van der Waals surface area contributed by atoms with Gasteiger partial charge in [-0.3, -0.25) is 9.78 Å². The Bertz CT molecular complexity index is 907. The summed E-state index contributed by atoms with van der Waals surface area (Å²) in [6, 6.07) is 11.2. The predicted octanol–water partition coefficient (Wildman–Crippen LogP) is 3.69. The van der Waals surface area contributed by atoms with E-state index < -0.39 is 0 Å². The fourth-order valence-electron chi connectivity index (χ4n) is 2.07. The van der Waals surface area contributed by atoms with Crippen LogP contribution in [0.4, 0.5) is 0 Å². The lowest BCUT2D eigenvalue weighted by molar-refractivity contribution is 0.0955. The molecule has 132 valence electrons. The number of benzene rings is 1. The number of nitrogens with one attached hydrogen (secondary N) is 1. The molecule has 0 saturated heterocycles. The number of nitrogens with zero attached hydrogens (tertiary/aromatic N) is 4. The fraction of sp³-hybridized carbons (Fsp3) is 0.167. The largest absolute Gasteiger partial charge is 0.271 e. The van der Waals surface area contributed by atoms with Gasteiger partial charge in [0.1, 0.15) is 5.01 Å². The molecule has 0 bridgehead atoms. The number of hydrazone groups is 1. The minimum absolute atomic E-state index is 0.243. The van der Waals surface area contributed by atoms with Crippen molar-refractivity contribution < 1.29 is 4.79 Å². The monoisotopic (exact) mass is 383 g/mol. The van der Waals surface area contributed by atoms with Crippen LogP contribution in [-0.2, 0) is 5.75 Å². The molecule has 1 aromatic carbocycles. The molecular formula is C18H17N5OS2. The van der Waals surface area contributed by atoms with E-state index in [-0.39, 0.29) is 5.91 Å². The number of hydrogen-bond donors (Lipinski definition) is 1. The summed E-state index contributed by atoms with van der Waals surface area (Å²) in [5, 5.41) is 13.2. The van der Waals surface area contributed by atoms with Gasteiger partial charge in [0.2, 0.25) is 0 Å². The van der Waals surface area contributed by atoms with Crippen LogP contribution in [0.2, 0.25) is 0 Å². The van der Waals surface area contributed by atoms with Crippen molar-refractivity contribution in [3.8, 4) is 0 Å². The summed E-state index contributed by atoms with van der Waals surface area (Å²) in [6.07, 6.45) is 3.40. The van der Waals surface area contributed by atoms with Gasteiger partial charge in [-0.2, -0.15) is 5.10 Å². The first kappa shape index (κ1) is 18.2. The predicted molar refractivity (Wildman–Crippen MR) is 105 cm³/mol. The van der Waals surface area contributed by atoms with Crippen LogP contribution in [0.25, 0.3) is 0 Å². The zero-order chi connectivity index (χ0) is 18.4. The van der Waals surface area contributed by atoms with Crippen molar-refractivity contribution in [2.45, 2.75) is 23.9 Å². The molecule has 0 aliphatic heterocycles. The first-order chi connectivity index (χ1) is 12.6. The highest BCUT2D eigenvalue weighted by Gasteiger charge is 2.06. The van der Waals surface area contributed by atoms with Gasteiger partial charge in [-0.05, 0) is 37.6 Å². The Morgan fingerprint density at radius 2 is 2.00 bits per heavy atom. The molecule has 0 radical (unpaired) electrons. The average Bonchev–Trinajstić information content (AvgIpc) is 3.10. The van der Waals surface area contributed by atoms with Crippen LogP contribution in [0, 0.1) is 6.92 Å². The lowest BCUT2D eigenvalue weighted by Gasteiger charge is -2.04.